The highest BCUT2D eigenvalue weighted by Crippen LogP contribution is 2.06. The summed E-state index contributed by atoms with van der Waals surface area (Å²) in [6, 6.07) is 8.68. The van der Waals surface area contributed by atoms with E-state index in [1.807, 2.05) is 6.07 Å². The van der Waals surface area contributed by atoms with Crippen LogP contribution in [0.25, 0.3) is 6.08 Å². The zero-order valence-electron chi connectivity index (χ0n) is 10.6. The predicted octanol–water partition coefficient (Wildman–Crippen LogP) is 1.12. The summed E-state index contributed by atoms with van der Waals surface area (Å²) < 4.78 is 0. The van der Waals surface area contributed by atoms with Gasteiger partial charge in [-0.1, -0.05) is 18.1 Å². The fraction of sp³-hybridized carbons (Fsp3) is 0.133. The van der Waals surface area contributed by atoms with E-state index in [0.29, 0.717) is 11.1 Å². The number of aliphatic carboxylic acids is 1. The van der Waals surface area contributed by atoms with E-state index in [9.17, 15) is 9.59 Å². The Kier molecular flexibility index (Phi) is 5.55. The number of carbonyl (C=O) groups excluding carboxylic acids is 1. The van der Waals surface area contributed by atoms with Crippen molar-refractivity contribution >= 4 is 18.0 Å². The summed E-state index contributed by atoms with van der Waals surface area (Å²) >= 11 is 0. The van der Waals surface area contributed by atoms with Gasteiger partial charge in [0.1, 0.15) is 6.54 Å². The Morgan fingerprint density at radius 3 is 2.80 bits per heavy atom. The molecule has 0 saturated heterocycles. The largest absolute Gasteiger partial charge is 0.480 e. The Balaban J connectivity index is 2.81. The van der Waals surface area contributed by atoms with Gasteiger partial charge >= 0.3 is 5.97 Å². The highest BCUT2D eigenvalue weighted by Gasteiger charge is 2.12. The molecule has 0 aliphatic heterocycles. The average molecular weight is 268 g/mol. The topological polar surface area (TPSA) is 81.4 Å². The maximum Gasteiger partial charge on any atom is 0.323 e. The lowest BCUT2D eigenvalue weighted by atomic mass is 10.1. The molecule has 1 aromatic carbocycles. The highest BCUT2D eigenvalue weighted by atomic mass is 16.4. The van der Waals surface area contributed by atoms with Crippen LogP contribution in [0.3, 0.4) is 0 Å². The molecule has 0 unspecified atom stereocenters. The minimum atomic E-state index is -1.13. The number of carboxylic acids is 1. The molecule has 1 amide bonds. The number of carbonyl (C=O) groups is 2. The maximum absolute atomic E-state index is 11.8. The van der Waals surface area contributed by atoms with Gasteiger partial charge in [0, 0.05) is 6.08 Å². The lowest BCUT2D eigenvalue weighted by Crippen LogP contribution is -2.34. The summed E-state index contributed by atoms with van der Waals surface area (Å²) in [5.74, 6) is 0.611. The molecule has 0 aliphatic rings. The van der Waals surface area contributed by atoms with E-state index in [2.05, 4.69) is 5.92 Å². The van der Waals surface area contributed by atoms with Gasteiger partial charge in [-0.25, -0.2) is 0 Å². The molecule has 0 bridgehead atoms. The van der Waals surface area contributed by atoms with Crippen molar-refractivity contribution in [3.63, 3.8) is 0 Å². The van der Waals surface area contributed by atoms with Gasteiger partial charge in [0.2, 0.25) is 5.91 Å². The molecule has 1 N–H and O–H groups in total. The molecule has 0 atom stereocenters. The first-order chi connectivity index (χ1) is 9.56. The zero-order chi connectivity index (χ0) is 15.0. The number of amides is 1. The van der Waals surface area contributed by atoms with Gasteiger partial charge in [0.25, 0.3) is 0 Å². The molecule has 20 heavy (non-hydrogen) atoms. The van der Waals surface area contributed by atoms with Crippen molar-refractivity contribution < 1.29 is 14.7 Å². The molecule has 0 radical (unpaired) electrons. The molecule has 0 fully saturated rings. The monoisotopic (exact) mass is 268 g/mol. The number of carboxylic acid groups (broad SMARTS) is 1. The number of terminal acetylenes is 1. The van der Waals surface area contributed by atoms with Gasteiger partial charge in [-0.05, 0) is 23.8 Å². The Morgan fingerprint density at radius 1 is 1.45 bits per heavy atom. The number of hydrogen-bond acceptors (Lipinski definition) is 3. The number of hydrogen-bond donors (Lipinski definition) is 1. The Morgan fingerprint density at radius 2 is 2.20 bits per heavy atom. The van der Waals surface area contributed by atoms with E-state index in [4.69, 9.17) is 16.8 Å². The average Bonchev–Trinajstić information content (AvgIpc) is 2.44. The zero-order valence-corrected chi connectivity index (χ0v) is 10.6. The second kappa shape index (κ2) is 7.40. The molecular weight excluding hydrogens is 256 g/mol. The molecule has 0 saturated carbocycles. The van der Waals surface area contributed by atoms with Crippen LogP contribution in [0.5, 0.6) is 0 Å². The minimum absolute atomic E-state index is 0.0757. The lowest BCUT2D eigenvalue weighted by molar-refractivity contribution is -0.142. The lowest BCUT2D eigenvalue weighted by Gasteiger charge is -2.15. The van der Waals surface area contributed by atoms with Gasteiger partial charge < -0.3 is 10.0 Å². The van der Waals surface area contributed by atoms with Crippen molar-refractivity contribution in [3.05, 3.63) is 41.5 Å². The molecule has 0 aliphatic carbocycles. The first-order valence-corrected chi connectivity index (χ1v) is 5.69. The van der Waals surface area contributed by atoms with Crippen LogP contribution in [-0.2, 0) is 9.59 Å². The molecule has 0 heterocycles. The highest BCUT2D eigenvalue weighted by molar-refractivity contribution is 5.93. The van der Waals surface area contributed by atoms with E-state index in [1.165, 1.54) is 12.2 Å². The Hall–Kier alpha value is -3.05. The normalized spacial score (nSPS) is 9.70. The van der Waals surface area contributed by atoms with Gasteiger partial charge in [-0.3, -0.25) is 9.59 Å². The second-order valence-corrected chi connectivity index (χ2v) is 3.86. The summed E-state index contributed by atoms with van der Waals surface area (Å²) in [7, 11) is 0. The van der Waals surface area contributed by atoms with Crippen LogP contribution >= 0.6 is 0 Å². The fourth-order valence-corrected chi connectivity index (χ4v) is 1.47. The Labute approximate surface area is 116 Å². The Bertz CT molecular complexity index is 621. The minimum Gasteiger partial charge on any atom is -0.480 e. The van der Waals surface area contributed by atoms with E-state index < -0.39 is 18.4 Å². The van der Waals surface area contributed by atoms with Crippen molar-refractivity contribution in [2.45, 2.75) is 0 Å². The standard InChI is InChI=1S/C15H12N2O3/c1-2-8-17(11-15(19)20)14(18)7-6-12-4-3-5-13(9-12)10-16/h1,3-7,9H,8,11H2,(H,19,20). The summed E-state index contributed by atoms with van der Waals surface area (Å²) in [5, 5.41) is 17.5. The number of benzene rings is 1. The van der Waals surface area contributed by atoms with Crippen LogP contribution in [0.1, 0.15) is 11.1 Å². The fourth-order valence-electron chi connectivity index (χ4n) is 1.47. The van der Waals surface area contributed by atoms with Crippen LogP contribution < -0.4 is 0 Å². The van der Waals surface area contributed by atoms with Crippen LogP contribution in [-0.4, -0.2) is 35.0 Å². The molecular formula is C15H12N2O3. The van der Waals surface area contributed by atoms with E-state index in [-0.39, 0.29) is 6.54 Å². The van der Waals surface area contributed by atoms with Crippen molar-refractivity contribution in [2.24, 2.45) is 0 Å². The second-order valence-electron chi connectivity index (χ2n) is 3.86. The quantitative estimate of drug-likeness (QED) is 0.641. The molecule has 5 nitrogen and oxygen atoms in total. The van der Waals surface area contributed by atoms with Crippen LogP contribution in [0.15, 0.2) is 30.3 Å². The predicted molar refractivity (Wildman–Crippen MR) is 73.2 cm³/mol. The summed E-state index contributed by atoms with van der Waals surface area (Å²) in [4.78, 5) is 23.5. The van der Waals surface area contributed by atoms with Crippen LogP contribution in [0, 0.1) is 23.7 Å². The number of rotatable bonds is 5. The first-order valence-electron chi connectivity index (χ1n) is 5.69. The summed E-state index contributed by atoms with van der Waals surface area (Å²) in [6.07, 6.45) is 7.83. The van der Waals surface area contributed by atoms with Crippen molar-refractivity contribution in [1.82, 2.24) is 4.90 Å². The molecule has 0 aromatic heterocycles. The van der Waals surface area contributed by atoms with Gasteiger partial charge in [0.05, 0.1) is 18.2 Å². The summed E-state index contributed by atoms with van der Waals surface area (Å²) in [5.41, 5.74) is 1.15. The van der Waals surface area contributed by atoms with Crippen molar-refractivity contribution in [2.75, 3.05) is 13.1 Å². The third-order valence-corrected chi connectivity index (χ3v) is 2.35. The van der Waals surface area contributed by atoms with Crippen molar-refractivity contribution in [3.8, 4) is 18.4 Å². The van der Waals surface area contributed by atoms with Crippen LogP contribution in [0.2, 0.25) is 0 Å². The SMILES string of the molecule is C#CCN(CC(=O)O)C(=O)C=Cc1cccc(C#N)c1. The molecule has 1 rings (SSSR count). The molecule has 5 heteroatoms. The molecule has 1 aromatic rings. The number of nitriles is 1. The van der Waals surface area contributed by atoms with E-state index in [0.717, 1.165) is 4.90 Å². The van der Waals surface area contributed by atoms with Gasteiger partial charge in [-0.15, -0.1) is 6.42 Å². The first kappa shape index (κ1) is 15.0. The molecule has 0 spiro atoms. The van der Waals surface area contributed by atoms with Crippen molar-refractivity contribution in [1.29, 1.82) is 5.26 Å². The van der Waals surface area contributed by atoms with Crippen LogP contribution in [0.4, 0.5) is 0 Å². The van der Waals surface area contributed by atoms with Gasteiger partial charge in [0.15, 0.2) is 0 Å². The summed E-state index contributed by atoms with van der Waals surface area (Å²) in [6.45, 7) is -0.528. The van der Waals surface area contributed by atoms with E-state index in [1.54, 1.807) is 24.3 Å². The number of nitrogens with zero attached hydrogens (tertiary/aromatic N) is 2. The van der Waals surface area contributed by atoms with Gasteiger partial charge in [-0.2, -0.15) is 5.26 Å². The maximum atomic E-state index is 11.8. The van der Waals surface area contributed by atoms with E-state index >= 15 is 0 Å². The third-order valence-electron chi connectivity index (χ3n) is 2.35. The molecule has 100 valence electrons. The smallest absolute Gasteiger partial charge is 0.323 e. The third kappa shape index (κ3) is 4.67.